The molecule has 0 atom stereocenters. The Morgan fingerprint density at radius 3 is 2.41 bits per heavy atom. The zero-order chi connectivity index (χ0) is 21.0. The van der Waals surface area contributed by atoms with Crippen LogP contribution in [0.5, 0.6) is 5.75 Å². The number of nitrogens with zero attached hydrogens (tertiary/aromatic N) is 2. The number of hydrogen-bond donors (Lipinski definition) is 2. The third-order valence-electron chi connectivity index (χ3n) is 3.73. The summed E-state index contributed by atoms with van der Waals surface area (Å²) in [5, 5.41) is 2.58. The molecule has 0 aliphatic rings. The second-order valence-electron chi connectivity index (χ2n) is 5.91. The quantitative estimate of drug-likeness (QED) is 0.379. The van der Waals surface area contributed by atoms with Crippen LogP contribution in [0.25, 0.3) is 11.1 Å². The SMILES string of the molecule is Nc1ccc(-c2ccc(F)nc2)cc1NC(=O)c1ccc(OCC(F)(F)F)cn1. The lowest BCUT2D eigenvalue weighted by Gasteiger charge is -2.11. The number of nitrogens with two attached hydrogens (primary N) is 1. The van der Waals surface area contributed by atoms with E-state index in [4.69, 9.17) is 5.73 Å². The number of pyridine rings is 2. The van der Waals surface area contributed by atoms with Crippen molar-refractivity contribution in [3.8, 4) is 16.9 Å². The molecule has 0 radical (unpaired) electrons. The summed E-state index contributed by atoms with van der Waals surface area (Å²) in [6.45, 7) is -1.46. The van der Waals surface area contributed by atoms with Crippen LogP contribution in [0.2, 0.25) is 0 Å². The van der Waals surface area contributed by atoms with E-state index in [2.05, 4.69) is 20.0 Å². The van der Waals surface area contributed by atoms with Gasteiger partial charge in [-0.3, -0.25) is 4.79 Å². The number of aromatic nitrogens is 2. The summed E-state index contributed by atoms with van der Waals surface area (Å²) in [6.07, 6.45) is -2.11. The maximum absolute atomic E-state index is 13.0. The van der Waals surface area contributed by atoms with Gasteiger partial charge in [-0.25, -0.2) is 9.97 Å². The van der Waals surface area contributed by atoms with Gasteiger partial charge < -0.3 is 15.8 Å². The summed E-state index contributed by atoms with van der Waals surface area (Å²) in [6, 6.07) is 10.0. The fraction of sp³-hybridized carbons (Fsp3) is 0.105. The second kappa shape index (κ2) is 8.13. The lowest BCUT2D eigenvalue weighted by atomic mass is 10.1. The Labute approximate surface area is 162 Å². The van der Waals surface area contributed by atoms with Crippen LogP contribution in [0.3, 0.4) is 0 Å². The van der Waals surface area contributed by atoms with Crippen molar-refractivity contribution >= 4 is 17.3 Å². The lowest BCUT2D eigenvalue weighted by Crippen LogP contribution is -2.19. The standard InChI is InChI=1S/C19H14F4N4O2/c20-17-6-2-12(8-26-17)11-1-4-14(24)16(7-11)27-18(28)15-5-3-13(9-25-15)29-10-19(21,22)23/h1-9H,10,24H2,(H,27,28). The maximum Gasteiger partial charge on any atom is 0.422 e. The number of amides is 1. The Kier molecular flexibility index (Phi) is 5.62. The number of carbonyl (C=O) groups is 1. The van der Waals surface area contributed by atoms with Gasteiger partial charge in [0.05, 0.1) is 17.6 Å². The summed E-state index contributed by atoms with van der Waals surface area (Å²) in [5.74, 6) is -1.36. The summed E-state index contributed by atoms with van der Waals surface area (Å²) < 4.78 is 54.0. The van der Waals surface area contributed by atoms with Gasteiger partial charge in [0.2, 0.25) is 5.95 Å². The zero-order valence-electron chi connectivity index (χ0n) is 14.7. The number of hydrogen-bond acceptors (Lipinski definition) is 5. The minimum absolute atomic E-state index is 0.0439. The number of carbonyl (C=O) groups excluding carboxylic acids is 1. The van der Waals surface area contributed by atoms with Crippen molar-refractivity contribution in [3.05, 3.63) is 66.5 Å². The topological polar surface area (TPSA) is 90.1 Å². The number of rotatable bonds is 5. The Morgan fingerprint density at radius 1 is 1.03 bits per heavy atom. The molecule has 3 rings (SSSR count). The van der Waals surface area contributed by atoms with E-state index in [9.17, 15) is 22.4 Å². The summed E-state index contributed by atoms with van der Waals surface area (Å²) in [4.78, 5) is 19.8. The van der Waals surface area contributed by atoms with Gasteiger partial charge in [-0.1, -0.05) is 6.07 Å². The van der Waals surface area contributed by atoms with Crippen molar-refractivity contribution in [1.29, 1.82) is 0 Å². The molecule has 0 unspecified atom stereocenters. The highest BCUT2D eigenvalue weighted by molar-refractivity contribution is 6.04. The smallest absolute Gasteiger partial charge is 0.422 e. The Hall–Kier alpha value is -3.69. The average molecular weight is 406 g/mol. The molecule has 10 heteroatoms. The molecule has 0 bridgehead atoms. The highest BCUT2D eigenvalue weighted by Gasteiger charge is 2.28. The Bertz CT molecular complexity index is 1010. The molecule has 0 saturated heterocycles. The van der Waals surface area contributed by atoms with Crippen molar-refractivity contribution in [3.63, 3.8) is 0 Å². The Morgan fingerprint density at radius 2 is 1.79 bits per heavy atom. The first kappa shape index (κ1) is 20.1. The molecule has 29 heavy (non-hydrogen) atoms. The van der Waals surface area contributed by atoms with Crippen LogP contribution in [0.15, 0.2) is 54.9 Å². The van der Waals surface area contributed by atoms with Crippen molar-refractivity contribution in [2.75, 3.05) is 17.7 Å². The van der Waals surface area contributed by atoms with Gasteiger partial charge in [-0.15, -0.1) is 0 Å². The number of ether oxygens (including phenoxy) is 1. The number of nitrogens with one attached hydrogen (secondary N) is 1. The molecular weight excluding hydrogens is 392 g/mol. The third-order valence-corrected chi connectivity index (χ3v) is 3.73. The van der Waals surface area contributed by atoms with E-state index in [0.29, 0.717) is 11.1 Å². The van der Waals surface area contributed by atoms with Crippen LogP contribution in [0.1, 0.15) is 10.5 Å². The van der Waals surface area contributed by atoms with E-state index in [1.165, 1.54) is 30.5 Å². The van der Waals surface area contributed by atoms with E-state index >= 15 is 0 Å². The molecule has 3 aromatic rings. The van der Waals surface area contributed by atoms with Gasteiger partial charge in [-0.05, 0) is 42.0 Å². The van der Waals surface area contributed by atoms with E-state index in [0.717, 1.165) is 6.20 Å². The summed E-state index contributed by atoms with van der Waals surface area (Å²) in [7, 11) is 0. The summed E-state index contributed by atoms with van der Waals surface area (Å²) in [5.41, 5.74) is 7.67. The maximum atomic E-state index is 13.0. The van der Waals surface area contributed by atoms with Crippen LogP contribution in [-0.2, 0) is 0 Å². The van der Waals surface area contributed by atoms with Crippen LogP contribution >= 0.6 is 0 Å². The normalized spacial score (nSPS) is 11.2. The molecule has 0 saturated carbocycles. The number of nitrogen functional groups attached to an aromatic ring is 1. The molecule has 3 N–H and O–H groups in total. The lowest BCUT2D eigenvalue weighted by molar-refractivity contribution is -0.153. The first-order chi connectivity index (χ1) is 13.7. The van der Waals surface area contributed by atoms with Crippen molar-refractivity contribution < 1.29 is 27.1 Å². The van der Waals surface area contributed by atoms with Crippen LogP contribution < -0.4 is 15.8 Å². The predicted molar refractivity (Wildman–Crippen MR) is 97.8 cm³/mol. The number of anilines is 2. The molecule has 0 fully saturated rings. The van der Waals surface area contributed by atoms with Gasteiger partial charge in [0, 0.05) is 11.8 Å². The average Bonchev–Trinajstić information content (AvgIpc) is 2.68. The number of alkyl halides is 3. The van der Waals surface area contributed by atoms with Gasteiger partial charge in [0.1, 0.15) is 11.4 Å². The fourth-order valence-electron chi connectivity index (χ4n) is 2.34. The minimum atomic E-state index is -4.47. The molecule has 1 amide bonds. The molecule has 2 aromatic heterocycles. The van der Waals surface area contributed by atoms with Crippen LogP contribution in [0.4, 0.5) is 28.9 Å². The summed E-state index contributed by atoms with van der Waals surface area (Å²) >= 11 is 0. The van der Waals surface area contributed by atoms with Gasteiger partial charge in [0.15, 0.2) is 6.61 Å². The largest absolute Gasteiger partial charge is 0.483 e. The van der Waals surface area contributed by atoms with Gasteiger partial charge >= 0.3 is 6.18 Å². The number of halogens is 4. The number of benzene rings is 1. The first-order valence-electron chi connectivity index (χ1n) is 8.20. The third kappa shape index (κ3) is 5.41. The molecule has 0 spiro atoms. The molecule has 0 aliphatic carbocycles. The van der Waals surface area contributed by atoms with E-state index in [1.54, 1.807) is 18.2 Å². The van der Waals surface area contributed by atoms with Crippen LogP contribution in [-0.4, -0.2) is 28.7 Å². The minimum Gasteiger partial charge on any atom is -0.483 e. The first-order valence-corrected chi connectivity index (χ1v) is 8.20. The molecular formula is C19H14F4N4O2. The zero-order valence-corrected chi connectivity index (χ0v) is 14.7. The molecule has 6 nitrogen and oxygen atoms in total. The highest BCUT2D eigenvalue weighted by Crippen LogP contribution is 2.27. The van der Waals surface area contributed by atoms with Crippen LogP contribution in [0, 0.1) is 5.95 Å². The van der Waals surface area contributed by atoms with E-state index in [1.807, 2.05) is 0 Å². The van der Waals surface area contributed by atoms with Crippen molar-refractivity contribution in [1.82, 2.24) is 9.97 Å². The van der Waals surface area contributed by atoms with E-state index < -0.39 is 24.6 Å². The van der Waals surface area contributed by atoms with Crippen molar-refractivity contribution in [2.24, 2.45) is 0 Å². The molecule has 1 aromatic carbocycles. The fourth-order valence-corrected chi connectivity index (χ4v) is 2.34. The predicted octanol–water partition coefficient (Wildman–Crippen LogP) is 4.06. The van der Waals surface area contributed by atoms with Gasteiger partial charge in [-0.2, -0.15) is 17.6 Å². The monoisotopic (exact) mass is 406 g/mol. The van der Waals surface area contributed by atoms with E-state index in [-0.39, 0.29) is 22.8 Å². The van der Waals surface area contributed by atoms with Crippen molar-refractivity contribution in [2.45, 2.75) is 6.18 Å². The second-order valence-corrected chi connectivity index (χ2v) is 5.91. The highest BCUT2D eigenvalue weighted by atomic mass is 19.4. The molecule has 0 aliphatic heterocycles. The molecule has 150 valence electrons. The van der Waals surface area contributed by atoms with Gasteiger partial charge in [0.25, 0.3) is 5.91 Å². The molecule has 2 heterocycles. The Balaban J connectivity index is 1.73.